The summed E-state index contributed by atoms with van der Waals surface area (Å²) in [5.74, 6) is 1.91. The van der Waals surface area contributed by atoms with Gasteiger partial charge in [0, 0.05) is 24.7 Å². The molecule has 0 heterocycles. The maximum atomic E-state index is 10.6. The molecule has 0 aliphatic heterocycles. The fourth-order valence-electron chi connectivity index (χ4n) is 4.06. The van der Waals surface area contributed by atoms with Crippen molar-refractivity contribution in [3.63, 3.8) is 0 Å². The van der Waals surface area contributed by atoms with Crippen molar-refractivity contribution in [3.8, 4) is 0 Å². The van der Waals surface area contributed by atoms with E-state index in [0.717, 1.165) is 23.9 Å². The minimum atomic E-state index is -0.346. The summed E-state index contributed by atoms with van der Waals surface area (Å²) >= 11 is 0. The molecule has 0 spiro atoms. The molecule has 4 nitrogen and oxygen atoms in total. The highest BCUT2D eigenvalue weighted by atomic mass is 16.6. The van der Waals surface area contributed by atoms with Gasteiger partial charge in [0.1, 0.15) is 0 Å². The van der Waals surface area contributed by atoms with Gasteiger partial charge >= 0.3 is 0 Å². The second-order valence-electron chi connectivity index (χ2n) is 6.62. The monoisotopic (exact) mass is 288 g/mol. The van der Waals surface area contributed by atoms with Crippen molar-refractivity contribution in [1.29, 1.82) is 0 Å². The molecule has 2 saturated carbocycles. The highest BCUT2D eigenvalue weighted by Crippen LogP contribution is 2.40. The minimum absolute atomic E-state index is 0.168. The van der Waals surface area contributed by atoms with Crippen molar-refractivity contribution in [2.45, 2.75) is 57.5 Å². The molecule has 3 rings (SSSR count). The Kier molecular flexibility index (Phi) is 4.54. The van der Waals surface area contributed by atoms with Crippen LogP contribution in [-0.4, -0.2) is 11.0 Å². The number of hydrogen-bond donors (Lipinski definition) is 1. The molecule has 114 valence electrons. The molecule has 4 heteroatoms. The number of fused-ring (bicyclic) bond motifs is 1. The van der Waals surface area contributed by atoms with Gasteiger partial charge in [0.05, 0.1) is 4.92 Å². The lowest BCUT2D eigenvalue weighted by atomic mass is 9.69. The molecule has 0 radical (unpaired) electrons. The number of nitrogens with zero attached hydrogens (tertiary/aromatic N) is 1. The van der Waals surface area contributed by atoms with Gasteiger partial charge in [-0.05, 0) is 36.7 Å². The van der Waals surface area contributed by atoms with Gasteiger partial charge < -0.3 is 5.32 Å². The summed E-state index contributed by atoms with van der Waals surface area (Å²) in [6.45, 7) is 0.819. The van der Waals surface area contributed by atoms with Gasteiger partial charge in [-0.3, -0.25) is 10.1 Å². The van der Waals surface area contributed by atoms with E-state index < -0.39 is 0 Å². The molecule has 0 saturated heterocycles. The summed E-state index contributed by atoms with van der Waals surface area (Å²) in [6, 6.07) is 7.53. The Morgan fingerprint density at radius 3 is 2.48 bits per heavy atom. The molecule has 2 fully saturated rings. The zero-order valence-corrected chi connectivity index (χ0v) is 12.5. The van der Waals surface area contributed by atoms with Crippen molar-refractivity contribution in [2.24, 2.45) is 11.8 Å². The van der Waals surface area contributed by atoms with Crippen molar-refractivity contribution < 1.29 is 4.92 Å². The summed E-state index contributed by atoms with van der Waals surface area (Å²) in [7, 11) is 0. The van der Waals surface area contributed by atoms with Gasteiger partial charge in [-0.25, -0.2) is 0 Å². The Bertz CT molecular complexity index is 486. The van der Waals surface area contributed by atoms with Crippen LogP contribution in [0, 0.1) is 22.0 Å². The fraction of sp³-hybridized carbons (Fsp3) is 0.647. The average Bonchev–Trinajstić information content (AvgIpc) is 2.53. The van der Waals surface area contributed by atoms with Gasteiger partial charge in [0.15, 0.2) is 0 Å². The third-order valence-electron chi connectivity index (χ3n) is 5.28. The van der Waals surface area contributed by atoms with E-state index in [1.807, 2.05) is 12.1 Å². The third kappa shape index (κ3) is 3.62. The zero-order chi connectivity index (χ0) is 14.7. The molecule has 0 aromatic heterocycles. The standard InChI is InChI=1S/C17H24N2O2/c20-19(21)17-9-5-13(6-10-17)12-18-16-8-7-14-3-1-2-4-15(14)11-16/h5-6,9-10,14-16,18H,1-4,7-8,11-12H2. The number of benzene rings is 1. The summed E-state index contributed by atoms with van der Waals surface area (Å²) in [6.07, 6.45) is 9.69. The first-order chi connectivity index (χ1) is 10.2. The summed E-state index contributed by atoms with van der Waals surface area (Å²) in [4.78, 5) is 10.3. The molecular weight excluding hydrogens is 264 g/mol. The van der Waals surface area contributed by atoms with E-state index in [1.165, 1.54) is 44.9 Å². The first-order valence-corrected chi connectivity index (χ1v) is 8.19. The number of non-ortho nitro benzene ring substituents is 1. The van der Waals surface area contributed by atoms with E-state index in [-0.39, 0.29) is 10.6 Å². The van der Waals surface area contributed by atoms with E-state index in [2.05, 4.69) is 5.32 Å². The zero-order valence-electron chi connectivity index (χ0n) is 12.5. The average molecular weight is 288 g/mol. The van der Waals surface area contributed by atoms with Gasteiger partial charge in [-0.1, -0.05) is 37.8 Å². The summed E-state index contributed by atoms with van der Waals surface area (Å²) in [5, 5.41) is 14.3. The van der Waals surface area contributed by atoms with Gasteiger partial charge in [-0.15, -0.1) is 0 Å². The normalized spacial score (nSPS) is 28.9. The second kappa shape index (κ2) is 6.56. The Morgan fingerprint density at radius 1 is 1.05 bits per heavy atom. The molecule has 2 aliphatic rings. The predicted octanol–water partition coefficient (Wildman–Crippen LogP) is 4.04. The number of nitro benzene ring substituents is 1. The SMILES string of the molecule is O=[N+]([O-])c1ccc(CNC2CCC3CCCCC3C2)cc1. The van der Waals surface area contributed by atoms with Crippen molar-refractivity contribution in [1.82, 2.24) is 5.32 Å². The van der Waals surface area contributed by atoms with Crippen LogP contribution in [0.1, 0.15) is 50.5 Å². The van der Waals surface area contributed by atoms with E-state index in [9.17, 15) is 10.1 Å². The van der Waals surface area contributed by atoms with Gasteiger partial charge in [-0.2, -0.15) is 0 Å². The van der Waals surface area contributed by atoms with E-state index >= 15 is 0 Å². The Hall–Kier alpha value is -1.42. The molecule has 3 unspecified atom stereocenters. The lowest BCUT2D eigenvalue weighted by molar-refractivity contribution is -0.384. The number of nitrogens with one attached hydrogen (secondary N) is 1. The van der Waals surface area contributed by atoms with Crippen LogP contribution in [0.5, 0.6) is 0 Å². The van der Waals surface area contributed by atoms with Crippen LogP contribution >= 0.6 is 0 Å². The van der Waals surface area contributed by atoms with Crippen molar-refractivity contribution in [3.05, 3.63) is 39.9 Å². The first-order valence-electron chi connectivity index (χ1n) is 8.19. The van der Waals surface area contributed by atoms with Crippen molar-refractivity contribution in [2.75, 3.05) is 0 Å². The maximum absolute atomic E-state index is 10.6. The van der Waals surface area contributed by atoms with Gasteiger partial charge in [0.25, 0.3) is 5.69 Å². The van der Waals surface area contributed by atoms with Crippen molar-refractivity contribution >= 4 is 5.69 Å². The van der Waals surface area contributed by atoms with Gasteiger partial charge in [0.2, 0.25) is 0 Å². The highest BCUT2D eigenvalue weighted by molar-refractivity contribution is 5.32. The Balaban J connectivity index is 1.49. The van der Waals surface area contributed by atoms with Crippen LogP contribution in [-0.2, 0) is 6.54 Å². The molecule has 21 heavy (non-hydrogen) atoms. The predicted molar refractivity (Wildman–Crippen MR) is 83.0 cm³/mol. The molecule has 1 aromatic rings. The van der Waals surface area contributed by atoms with E-state index in [1.54, 1.807) is 12.1 Å². The van der Waals surface area contributed by atoms with Crippen LogP contribution in [0.2, 0.25) is 0 Å². The van der Waals surface area contributed by atoms with Crippen LogP contribution in [0.25, 0.3) is 0 Å². The van der Waals surface area contributed by atoms with E-state index in [4.69, 9.17) is 0 Å². The largest absolute Gasteiger partial charge is 0.310 e. The topological polar surface area (TPSA) is 55.2 Å². The number of rotatable bonds is 4. The number of nitro groups is 1. The molecule has 1 N–H and O–H groups in total. The Morgan fingerprint density at radius 2 is 1.76 bits per heavy atom. The highest BCUT2D eigenvalue weighted by Gasteiger charge is 2.31. The number of hydrogen-bond acceptors (Lipinski definition) is 3. The maximum Gasteiger partial charge on any atom is 0.269 e. The van der Waals surface area contributed by atoms with Crippen LogP contribution < -0.4 is 5.32 Å². The summed E-state index contributed by atoms with van der Waals surface area (Å²) < 4.78 is 0. The second-order valence-corrected chi connectivity index (χ2v) is 6.62. The Labute approximate surface area is 126 Å². The molecule has 3 atom stereocenters. The molecule has 1 aromatic carbocycles. The van der Waals surface area contributed by atoms with E-state index in [0.29, 0.717) is 6.04 Å². The molecule has 0 amide bonds. The molecular formula is C17H24N2O2. The first kappa shape index (κ1) is 14.5. The van der Waals surface area contributed by atoms with Crippen LogP contribution in [0.15, 0.2) is 24.3 Å². The molecule has 2 aliphatic carbocycles. The quantitative estimate of drug-likeness (QED) is 0.672. The smallest absolute Gasteiger partial charge is 0.269 e. The summed E-state index contributed by atoms with van der Waals surface area (Å²) in [5.41, 5.74) is 1.30. The molecule has 0 bridgehead atoms. The fourth-order valence-corrected chi connectivity index (χ4v) is 4.06. The lowest BCUT2D eigenvalue weighted by Gasteiger charge is -2.39. The minimum Gasteiger partial charge on any atom is -0.310 e. The van der Waals surface area contributed by atoms with Crippen LogP contribution in [0.3, 0.4) is 0 Å². The third-order valence-corrected chi connectivity index (χ3v) is 5.28. The van der Waals surface area contributed by atoms with Crippen LogP contribution in [0.4, 0.5) is 5.69 Å². The lowest BCUT2D eigenvalue weighted by Crippen LogP contribution is -2.38.